The minimum Gasteiger partial charge on any atom is -0.462 e. The molecule has 1 fully saturated rings. The molecule has 1 aliphatic heterocycles. The molecule has 0 radical (unpaired) electrons. The van der Waals surface area contributed by atoms with E-state index in [-0.39, 0.29) is 23.8 Å². The molecule has 0 saturated carbocycles. The zero-order chi connectivity index (χ0) is 12.3. The van der Waals surface area contributed by atoms with Crippen molar-refractivity contribution < 1.29 is 18.7 Å². The minimum atomic E-state index is -0.589. The largest absolute Gasteiger partial charge is 0.462 e. The molecule has 1 atom stereocenters. The summed E-state index contributed by atoms with van der Waals surface area (Å²) in [7, 11) is 0. The van der Waals surface area contributed by atoms with Crippen LogP contribution in [-0.4, -0.2) is 25.8 Å². The molecule has 0 amide bonds. The topological polar surface area (TPSA) is 61.6 Å². The second kappa shape index (κ2) is 5.14. The number of rotatable bonds is 3. The van der Waals surface area contributed by atoms with Gasteiger partial charge >= 0.3 is 5.97 Å². The van der Waals surface area contributed by atoms with Crippen LogP contribution < -0.4 is 5.73 Å². The lowest BCUT2D eigenvalue weighted by atomic mass is 10.1. The van der Waals surface area contributed by atoms with Gasteiger partial charge in [0.25, 0.3) is 0 Å². The van der Waals surface area contributed by atoms with Crippen molar-refractivity contribution in [2.75, 3.05) is 25.6 Å². The molecule has 2 N–H and O–H groups in total. The van der Waals surface area contributed by atoms with Gasteiger partial charge < -0.3 is 15.2 Å². The van der Waals surface area contributed by atoms with Crippen molar-refractivity contribution in [2.24, 2.45) is 5.92 Å². The summed E-state index contributed by atoms with van der Waals surface area (Å²) >= 11 is 0. The number of ether oxygens (including phenoxy) is 2. The Hall–Kier alpha value is -1.62. The van der Waals surface area contributed by atoms with Gasteiger partial charge in [-0.25, -0.2) is 9.18 Å². The zero-order valence-corrected chi connectivity index (χ0v) is 9.32. The second-order valence-electron chi connectivity index (χ2n) is 4.06. The van der Waals surface area contributed by atoms with E-state index in [1.54, 1.807) is 0 Å². The first-order chi connectivity index (χ1) is 8.16. The lowest BCUT2D eigenvalue weighted by Gasteiger charge is -2.10. The summed E-state index contributed by atoms with van der Waals surface area (Å²) in [6, 6.07) is 3.64. The lowest BCUT2D eigenvalue weighted by Crippen LogP contribution is -2.15. The molecule has 0 aliphatic carbocycles. The molecule has 1 aromatic rings. The van der Waals surface area contributed by atoms with Crippen molar-refractivity contribution in [1.29, 1.82) is 0 Å². The summed E-state index contributed by atoms with van der Waals surface area (Å²) < 4.78 is 23.2. The van der Waals surface area contributed by atoms with Crippen molar-refractivity contribution in [3.05, 3.63) is 29.6 Å². The summed E-state index contributed by atoms with van der Waals surface area (Å²) in [5, 5.41) is 0. The molecule has 5 heteroatoms. The highest BCUT2D eigenvalue weighted by Gasteiger charge is 2.19. The third kappa shape index (κ3) is 2.94. The lowest BCUT2D eigenvalue weighted by molar-refractivity contribution is 0.0429. The third-order valence-electron chi connectivity index (χ3n) is 2.71. The van der Waals surface area contributed by atoms with E-state index in [0.29, 0.717) is 13.2 Å². The highest BCUT2D eigenvalue weighted by Crippen LogP contribution is 2.17. The molecule has 1 aromatic carbocycles. The summed E-state index contributed by atoms with van der Waals surface area (Å²) in [5.41, 5.74) is 5.88. The van der Waals surface area contributed by atoms with Gasteiger partial charge in [-0.3, -0.25) is 0 Å². The van der Waals surface area contributed by atoms with Crippen LogP contribution in [0.15, 0.2) is 18.2 Å². The molecule has 0 bridgehead atoms. The van der Waals surface area contributed by atoms with Gasteiger partial charge in [0.1, 0.15) is 5.82 Å². The van der Waals surface area contributed by atoms with Crippen molar-refractivity contribution in [2.45, 2.75) is 6.42 Å². The van der Waals surface area contributed by atoms with Crippen LogP contribution in [-0.2, 0) is 9.47 Å². The van der Waals surface area contributed by atoms with Gasteiger partial charge in [0.2, 0.25) is 0 Å². The third-order valence-corrected chi connectivity index (χ3v) is 2.71. The molecule has 4 nitrogen and oxygen atoms in total. The van der Waals surface area contributed by atoms with Crippen molar-refractivity contribution in [3.63, 3.8) is 0 Å². The van der Waals surface area contributed by atoms with E-state index in [1.165, 1.54) is 12.1 Å². The van der Waals surface area contributed by atoms with Gasteiger partial charge in [-0.05, 0) is 24.6 Å². The molecular formula is C12H14FNO3. The standard InChI is InChI=1S/C12H14FNO3/c13-9-1-2-11(14)10(5-9)12(15)17-7-8-3-4-16-6-8/h1-2,5,8H,3-4,6-7,14H2. The van der Waals surface area contributed by atoms with Crippen LogP contribution in [0, 0.1) is 11.7 Å². The SMILES string of the molecule is Nc1ccc(F)cc1C(=O)OCC1CCOC1. The number of carbonyl (C=O) groups is 1. The van der Waals surface area contributed by atoms with Crippen molar-refractivity contribution in [1.82, 2.24) is 0 Å². The van der Waals surface area contributed by atoms with Crippen LogP contribution in [0.5, 0.6) is 0 Å². The van der Waals surface area contributed by atoms with Gasteiger partial charge in [-0.1, -0.05) is 0 Å². The van der Waals surface area contributed by atoms with Crippen molar-refractivity contribution in [3.8, 4) is 0 Å². The first-order valence-corrected chi connectivity index (χ1v) is 5.46. The molecular weight excluding hydrogens is 225 g/mol. The molecule has 1 unspecified atom stereocenters. The molecule has 1 heterocycles. The molecule has 1 aliphatic rings. The molecule has 2 rings (SSSR count). The number of hydrogen-bond donors (Lipinski definition) is 1. The number of nitrogens with two attached hydrogens (primary N) is 1. The quantitative estimate of drug-likeness (QED) is 0.643. The molecule has 0 spiro atoms. The Bertz CT molecular complexity index is 416. The minimum absolute atomic E-state index is 0.0731. The summed E-state index contributed by atoms with van der Waals surface area (Å²) in [4.78, 5) is 11.7. The predicted molar refractivity (Wildman–Crippen MR) is 60.0 cm³/mol. The van der Waals surface area contributed by atoms with Crippen LogP contribution in [0.4, 0.5) is 10.1 Å². The number of nitrogen functional groups attached to an aromatic ring is 1. The summed E-state index contributed by atoms with van der Waals surface area (Å²) in [5.74, 6) is -0.863. The number of hydrogen-bond acceptors (Lipinski definition) is 4. The first kappa shape index (κ1) is 11.9. The fourth-order valence-electron chi connectivity index (χ4n) is 1.69. The maximum absolute atomic E-state index is 13.0. The number of benzene rings is 1. The van der Waals surface area contributed by atoms with Crippen molar-refractivity contribution >= 4 is 11.7 Å². The predicted octanol–water partition coefficient (Wildman–Crippen LogP) is 1.60. The Balaban J connectivity index is 1.96. The average Bonchev–Trinajstić information content (AvgIpc) is 2.82. The number of halogens is 1. The van der Waals surface area contributed by atoms with Crippen LogP contribution in [0.1, 0.15) is 16.8 Å². The fraction of sp³-hybridized carbons (Fsp3) is 0.417. The Morgan fingerprint density at radius 3 is 3.12 bits per heavy atom. The van der Waals surface area contributed by atoms with Gasteiger partial charge in [0.05, 0.1) is 18.8 Å². The molecule has 0 aromatic heterocycles. The monoisotopic (exact) mass is 239 g/mol. The van der Waals surface area contributed by atoms with E-state index in [9.17, 15) is 9.18 Å². The first-order valence-electron chi connectivity index (χ1n) is 5.46. The smallest absolute Gasteiger partial charge is 0.340 e. The van der Waals surface area contributed by atoms with E-state index in [2.05, 4.69) is 0 Å². The van der Waals surface area contributed by atoms with E-state index in [0.717, 1.165) is 12.5 Å². The van der Waals surface area contributed by atoms with Gasteiger partial charge in [-0.2, -0.15) is 0 Å². The van der Waals surface area contributed by atoms with E-state index < -0.39 is 11.8 Å². The Labute approximate surface area is 98.5 Å². The Morgan fingerprint density at radius 2 is 2.41 bits per heavy atom. The maximum Gasteiger partial charge on any atom is 0.340 e. The molecule has 17 heavy (non-hydrogen) atoms. The normalized spacial score (nSPS) is 19.2. The molecule has 92 valence electrons. The Morgan fingerprint density at radius 1 is 1.59 bits per heavy atom. The number of carbonyl (C=O) groups excluding carboxylic acids is 1. The summed E-state index contributed by atoms with van der Waals surface area (Å²) in [6.45, 7) is 1.59. The Kier molecular flexibility index (Phi) is 3.58. The molecule has 1 saturated heterocycles. The van der Waals surface area contributed by atoms with Gasteiger partial charge in [-0.15, -0.1) is 0 Å². The van der Waals surface area contributed by atoms with Crippen LogP contribution in [0.3, 0.4) is 0 Å². The summed E-state index contributed by atoms with van der Waals surface area (Å²) in [6.07, 6.45) is 0.881. The average molecular weight is 239 g/mol. The zero-order valence-electron chi connectivity index (χ0n) is 9.32. The number of esters is 1. The highest BCUT2D eigenvalue weighted by molar-refractivity contribution is 5.95. The second-order valence-corrected chi connectivity index (χ2v) is 4.06. The highest BCUT2D eigenvalue weighted by atomic mass is 19.1. The van der Waals surface area contributed by atoms with Gasteiger partial charge in [0.15, 0.2) is 0 Å². The van der Waals surface area contributed by atoms with Crippen LogP contribution in [0.2, 0.25) is 0 Å². The van der Waals surface area contributed by atoms with Gasteiger partial charge in [0, 0.05) is 18.2 Å². The fourth-order valence-corrected chi connectivity index (χ4v) is 1.69. The van der Waals surface area contributed by atoms with E-state index in [1.807, 2.05) is 0 Å². The number of anilines is 1. The van der Waals surface area contributed by atoms with Crippen LogP contribution in [0.25, 0.3) is 0 Å². The van der Waals surface area contributed by atoms with E-state index in [4.69, 9.17) is 15.2 Å². The van der Waals surface area contributed by atoms with Crippen LogP contribution >= 0.6 is 0 Å². The maximum atomic E-state index is 13.0. The van der Waals surface area contributed by atoms with E-state index >= 15 is 0 Å².